The van der Waals surface area contributed by atoms with E-state index in [1.54, 1.807) is 12.1 Å². The van der Waals surface area contributed by atoms with E-state index in [1.165, 1.54) is 28.1 Å². The highest BCUT2D eigenvalue weighted by Gasteiger charge is 2.21. The van der Waals surface area contributed by atoms with Crippen LogP contribution in [0.25, 0.3) is 36.7 Å². The van der Waals surface area contributed by atoms with Gasteiger partial charge in [-0.2, -0.15) is 0 Å². The monoisotopic (exact) mass is 329 g/mol. The van der Waals surface area contributed by atoms with Crippen LogP contribution in [0.1, 0.15) is 0 Å². The van der Waals surface area contributed by atoms with Crippen LogP contribution >= 0.6 is 11.3 Å². The predicted molar refractivity (Wildman–Crippen MR) is 83.3 cm³/mol. The van der Waals surface area contributed by atoms with Crippen molar-refractivity contribution in [1.82, 2.24) is 14.6 Å². The van der Waals surface area contributed by atoms with Gasteiger partial charge in [0.25, 0.3) is 0 Å². The van der Waals surface area contributed by atoms with Crippen molar-refractivity contribution in [2.45, 2.75) is 0 Å². The number of aromatic nitrogens is 3. The maximum atomic E-state index is 14.5. The Labute approximate surface area is 130 Å². The molecule has 2 aromatic carbocycles. The molecule has 0 fully saturated rings. The Morgan fingerprint density at radius 3 is 2.52 bits per heavy atom. The van der Waals surface area contributed by atoms with Crippen molar-refractivity contribution in [3.63, 3.8) is 0 Å². The lowest BCUT2D eigenvalue weighted by Gasteiger charge is -2.07. The molecular weight excluding hydrogens is 323 g/mol. The zero-order chi connectivity index (χ0) is 15.7. The molecule has 0 unspecified atom stereocenters. The summed E-state index contributed by atoms with van der Waals surface area (Å²) in [7, 11) is 0. The number of rotatable bonds is 0. The largest absolute Gasteiger partial charge is 0.277 e. The van der Waals surface area contributed by atoms with Crippen LogP contribution in [0.2, 0.25) is 0 Å². The van der Waals surface area contributed by atoms with Crippen molar-refractivity contribution < 1.29 is 13.2 Å². The number of benzene rings is 2. The number of halogens is 3. The second-order valence-electron chi connectivity index (χ2n) is 5.20. The standard InChI is InChI=1S/C16H6F3N3S/c17-7-2-1-3-10-11(7)13-12-8(18)4-5-9(19)14(12)22-6-20-21-16(22)15(13)23-10/h1-6H. The summed E-state index contributed by atoms with van der Waals surface area (Å²) >= 11 is 1.29. The Morgan fingerprint density at radius 1 is 0.870 bits per heavy atom. The van der Waals surface area contributed by atoms with Crippen LogP contribution in [-0.2, 0) is 0 Å². The average Bonchev–Trinajstić information content (AvgIpc) is 3.14. The smallest absolute Gasteiger partial charge is 0.179 e. The van der Waals surface area contributed by atoms with Crippen LogP contribution in [0.15, 0.2) is 36.7 Å². The first-order valence-corrected chi connectivity index (χ1v) is 7.58. The van der Waals surface area contributed by atoms with Crippen LogP contribution in [0.4, 0.5) is 13.2 Å². The van der Waals surface area contributed by atoms with Crippen molar-refractivity contribution in [1.29, 1.82) is 0 Å². The van der Waals surface area contributed by atoms with Crippen molar-refractivity contribution in [2.75, 3.05) is 0 Å². The van der Waals surface area contributed by atoms with Gasteiger partial charge < -0.3 is 0 Å². The summed E-state index contributed by atoms with van der Waals surface area (Å²) in [5.74, 6) is -1.68. The van der Waals surface area contributed by atoms with Gasteiger partial charge in [0.05, 0.1) is 10.2 Å². The molecule has 0 radical (unpaired) electrons. The minimum atomic E-state index is -0.608. The normalized spacial score (nSPS) is 12.1. The highest BCUT2D eigenvalue weighted by molar-refractivity contribution is 7.26. The van der Waals surface area contributed by atoms with Gasteiger partial charge >= 0.3 is 0 Å². The van der Waals surface area contributed by atoms with Crippen molar-refractivity contribution in [3.05, 3.63) is 54.1 Å². The topological polar surface area (TPSA) is 30.2 Å². The molecule has 0 spiro atoms. The van der Waals surface area contributed by atoms with Crippen LogP contribution in [0.3, 0.4) is 0 Å². The number of fused-ring (bicyclic) bond motifs is 8. The first-order valence-electron chi connectivity index (χ1n) is 6.77. The van der Waals surface area contributed by atoms with Crippen molar-refractivity contribution in [2.24, 2.45) is 0 Å². The number of hydrogen-bond donors (Lipinski definition) is 0. The number of hydrogen-bond acceptors (Lipinski definition) is 3. The summed E-state index contributed by atoms with van der Waals surface area (Å²) in [6.45, 7) is 0. The van der Waals surface area contributed by atoms with E-state index in [-0.39, 0.29) is 16.3 Å². The van der Waals surface area contributed by atoms with E-state index in [1.807, 2.05) is 0 Å². The molecular formula is C16H6F3N3S. The first-order chi connectivity index (χ1) is 11.2. The molecule has 7 heteroatoms. The van der Waals surface area contributed by atoms with E-state index in [9.17, 15) is 13.2 Å². The highest BCUT2D eigenvalue weighted by Crippen LogP contribution is 2.42. The fraction of sp³-hybridized carbons (Fsp3) is 0. The van der Waals surface area contributed by atoms with Gasteiger partial charge in [-0.05, 0) is 24.3 Å². The molecule has 5 aromatic rings. The second kappa shape index (κ2) is 4.20. The van der Waals surface area contributed by atoms with E-state index in [0.29, 0.717) is 20.4 Å². The number of nitrogens with zero attached hydrogens (tertiary/aromatic N) is 3. The van der Waals surface area contributed by atoms with E-state index < -0.39 is 17.5 Å². The van der Waals surface area contributed by atoms with E-state index >= 15 is 0 Å². The lowest BCUT2D eigenvalue weighted by atomic mass is 10.1. The average molecular weight is 329 g/mol. The Hall–Kier alpha value is -2.67. The van der Waals surface area contributed by atoms with Gasteiger partial charge in [-0.3, -0.25) is 4.40 Å². The summed E-state index contributed by atoms with van der Waals surface area (Å²) < 4.78 is 45.9. The molecule has 0 aliphatic carbocycles. The molecule has 0 amide bonds. The molecule has 3 nitrogen and oxygen atoms in total. The molecule has 0 saturated carbocycles. The maximum absolute atomic E-state index is 14.5. The lowest BCUT2D eigenvalue weighted by molar-refractivity contribution is 0.615. The summed E-state index contributed by atoms with van der Waals surface area (Å²) in [5.41, 5.74) is 0.401. The van der Waals surface area contributed by atoms with Crippen molar-refractivity contribution in [3.8, 4) is 0 Å². The van der Waals surface area contributed by atoms with Crippen LogP contribution in [-0.4, -0.2) is 14.6 Å². The van der Waals surface area contributed by atoms with E-state index in [0.717, 1.165) is 12.1 Å². The molecule has 112 valence electrons. The zero-order valence-corrected chi connectivity index (χ0v) is 12.2. The Balaban J connectivity index is 2.29. The SMILES string of the molecule is Fc1cccc2sc3c(c12)c1c(F)ccc(F)c1n1cnnc31. The van der Waals surface area contributed by atoms with Gasteiger partial charge in [0, 0.05) is 20.9 Å². The molecule has 0 aliphatic rings. The Morgan fingerprint density at radius 2 is 1.65 bits per heavy atom. The van der Waals surface area contributed by atoms with Crippen LogP contribution in [0.5, 0.6) is 0 Å². The van der Waals surface area contributed by atoms with Gasteiger partial charge in [0.15, 0.2) is 5.65 Å². The molecule has 0 saturated heterocycles. The van der Waals surface area contributed by atoms with Crippen LogP contribution in [0, 0.1) is 17.5 Å². The first kappa shape index (κ1) is 12.8. The molecule has 0 N–H and O–H groups in total. The molecule has 3 heterocycles. The summed E-state index contributed by atoms with van der Waals surface area (Å²) in [6.07, 6.45) is 1.33. The molecule has 3 aromatic heterocycles. The molecule has 0 aliphatic heterocycles. The van der Waals surface area contributed by atoms with Gasteiger partial charge in [-0.15, -0.1) is 21.5 Å². The van der Waals surface area contributed by atoms with Gasteiger partial charge in [-0.25, -0.2) is 13.2 Å². The molecule has 5 rings (SSSR count). The zero-order valence-electron chi connectivity index (χ0n) is 11.3. The maximum Gasteiger partial charge on any atom is 0.179 e. The van der Waals surface area contributed by atoms with Gasteiger partial charge in [0.2, 0.25) is 0 Å². The quantitative estimate of drug-likeness (QED) is 0.413. The number of pyridine rings is 1. The van der Waals surface area contributed by atoms with Gasteiger partial charge in [-0.1, -0.05) is 6.07 Å². The van der Waals surface area contributed by atoms with Crippen LogP contribution < -0.4 is 0 Å². The van der Waals surface area contributed by atoms with Crippen molar-refractivity contribution >= 4 is 48.1 Å². The Bertz CT molecular complexity index is 1260. The number of thiophene rings is 1. The van der Waals surface area contributed by atoms with E-state index in [2.05, 4.69) is 10.2 Å². The van der Waals surface area contributed by atoms with E-state index in [4.69, 9.17) is 0 Å². The lowest BCUT2D eigenvalue weighted by Crippen LogP contribution is -1.95. The van der Waals surface area contributed by atoms with Gasteiger partial charge in [0.1, 0.15) is 23.8 Å². The molecule has 23 heavy (non-hydrogen) atoms. The third kappa shape index (κ3) is 1.49. The summed E-state index contributed by atoms with van der Waals surface area (Å²) in [6, 6.07) is 6.75. The minimum absolute atomic E-state index is 0.0143. The molecule has 0 atom stereocenters. The third-order valence-electron chi connectivity index (χ3n) is 3.98. The Kier molecular flexibility index (Phi) is 2.34. The fourth-order valence-corrected chi connectivity index (χ4v) is 4.28. The summed E-state index contributed by atoms with van der Waals surface area (Å²) in [5, 5.41) is 8.48. The predicted octanol–water partition coefficient (Wildman–Crippen LogP) is 4.67. The summed E-state index contributed by atoms with van der Waals surface area (Å²) in [4.78, 5) is 0. The fourth-order valence-electron chi connectivity index (χ4n) is 3.07. The third-order valence-corrected chi connectivity index (χ3v) is 5.13. The molecule has 0 bridgehead atoms. The second-order valence-corrected chi connectivity index (χ2v) is 6.25. The highest BCUT2D eigenvalue weighted by atomic mass is 32.1. The minimum Gasteiger partial charge on any atom is -0.277 e.